The molecule has 3 amide bonds. The molecule has 6 nitrogen and oxygen atoms in total. The normalized spacial score (nSPS) is 16.1. The molecule has 1 aliphatic heterocycles. The number of furan rings is 1. The van der Waals surface area contributed by atoms with Gasteiger partial charge >= 0.3 is 0 Å². The van der Waals surface area contributed by atoms with Crippen LogP contribution in [-0.4, -0.2) is 28.7 Å². The second-order valence-corrected chi connectivity index (χ2v) is 7.96. The van der Waals surface area contributed by atoms with Crippen LogP contribution in [0.3, 0.4) is 0 Å². The van der Waals surface area contributed by atoms with E-state index in [1.54, 1.807) is 48.5 Å². The first-order valence-corrected chi connectivity index (χ1v) is 10.3. The maximum atomic E-state index is 13.2. The van der Waals surface area contributed by atoms with Crippen LogP contribution < -0.4 is 4.90 Å². The van der Waals surface area contributed by atoms with E-state index in [9.17, 15) is 14.4 Å². The third kappa shape index (κ3) is 4.54. The molecule has 3 aromatic rings. The minimum absolute atomic E-state index is 0.0697. The summed E-state index contributed by atoms with van der Waals surface area (Å²) in [6, 6.07) is 16.7. The van der Waals surface area contributed by atoms with Crippen molar-refractivity contribution in [1.29, 1.82) is 0 Å². The highest BCUT2D eigenvalue weighted by molar-refractivity contribution is 6.30. The molecule has 1 atom stereocenters. The molecule has 0 aliphatic carbocycles. The topological polar surface area (TPSA) is 70.8 Å². The van der Waals surface area contributed by atoms with Gasteiger partial charge in [0.05, 0.1) is 31.3 Å². The van der Waals surface area contributed by atoms with E-state index in [1.165, 1.54) is 11.2 Å². The predicted octanol–water partition coefficient (Wildman–Crippen LogP) is 4.14. The molecule has 0 saturated carbocycles. The highest BCUT2D eigenvalue weighted by Gasteiger charge is 2.44. The molecule has 31 heavy (non-hydrogen) atoms. The summed E-state index contributed by atoms with van der Waals surface area (Å²) in [6.45, 7) is 2.03. The van der Waals surface area contributed by atoms with Gasteiger partial charge in [0.1, 0.15) is 11.8 Å². The smallest absolute Gasteiger partial charge is 0.257 e. The molecule has 7 heteroatoms. The minimum Gasteiger partial charge on any atom is -0.467 e. The van der Waals surface area contributed by atoms with Crippen LogP contribution in [0, 0.1) is 6.92 Å². The molecule has 2 heterocycles. The number of amides is 3. The molecule has 0 N–H and O–H groups in total. The first-order valence-electron chi connectivity index (χ1n) is 9.92. The number of anilines is 1. The summed E-state index contributed by atoms with van der Waals surface area (Å²) in [7, 11) is 0. The second kappa shape index (κ2) is 8.78. The van der Waals surface area contributed by atoms with Crippen LogP contribution in [-0.2, 0) is 27.3 Å². The summed E-state index contributed by atoms with van der Waals surface area (Å²) in [5.74, 6) is -0.471. The number of rotatable bonds is 6. The quantitative estimate of drug-likeness (QED) is 0.544. The lowest BCUT2D eigenvalue weighted by Crippen LogP contribution is -2.45. The lowest BCUT2D eigenvalue weighted by Gasteiger charge is -2.27. The average Bonchev–Trinajstić information content (AvgIpc) is 3.36. The summed E-state index contributed by atoms with van der Waals surface area (Å²) < 4.78 is 5.41. The first-order chi connectivity index (χ1) is 14.9. The fourth-order valence-corrected chi connectivity index (χ4v) is 3.77. The van der Waals surface area contributed by atoms with Gasteiger partial charge in [-0.15, -0.1) is 0 Å². The molecule has 2 aromatic carbocycles. The molecular formula is C24H21ClN2O4. The van der Waals surface area contributed by atoms with Gasteiger partial charge in [-0.3, -0.25) is 14.4 Å². The maximum absolute atomic E-state index is 13.2. The van der Waals surface area contributed by atoms with Crippen molar-refractivity contribution in [3.8, 4) is 0 Å². The Labute approximate surface area is 185 Å². The van der Waals surface area contributed by atoms with Crippen molar-refractivity contribution < 1.29 is 18.8 Å². The number of aryl methyl sites for hydroxylation is 1. The van der Waals surface area contributed by atoms with Crippen LogP contribution in [0.5, 0.6) is 0 Å². The van der Waals surface area contributed by atoms with Gasteiger partial charge in [0.2, 0.25) is 11.8 Å². The monoisotopic (exact) mass is 436 g/mol. The van der Waals surface area contributed by atoms with Gasteiger partial charge < -0.3 is 9.32 Å². The summed E-state index contributed by atoms with van der Waals surface area (Å²) in [5.41, 5.74) is 2.30. The Hall–Kier alpha value is -3.38. The van der Waals surface area contributed by atoms with Crippen LogP contribution >= 0.6 is 11.6 Å². The minimum atomic E-state index is -0.890. The Kier molecular flexibility index (Phi) is 5.91. The lowest BCUT2D eigenvalue weighted by atomic mass is 10.1. The van der Waals surface area contributed by atoms with Crippen molar-refractivity contribution >= 4 is 35.0 Å². The Bertz CT molecular complexity index is 1090. The summed E-state index contributed by atoms with van der Waals surface area (Å²) in [4.78, 5) is 41.8. The van der Waals surface area contributed by atoms with Crippen LogP contribution in [0.2, 0.25) is 5.02 Å². The number of imide groups is 1. The van der Waals surface area contributed by atoms with Crippen LogP contribution in [0.1, 0.15) is 23.3 Å². The van der Waals surface area contributed by atoms with E-state index >= 15 is 0 Å². The molecule has 1 saturated heterocycles. The largest absolute Gasteiger partial charge is 0.467 e. The van der Waals surface area contributed by atoms with E-state index in [1.807, 2.05) is 19.1 Å². The molecular weight excluding hydrogens is 416 g/mol. The van der Waals surface area contributed by atoms with Gasteiger partial charge in [0.15, 0.2) is 0 Å². The van der Waals surface area contributed by atoms with E-state index in [0.29, 0.717) is 16.5 Å². The van der Waals surface area contributed by atoms with E-state index < -0.39 is 11.9 Å². The zero-order valence-corrected chi connectivity index (χ0v) is 17.7. The van der Waals surface area contributed by atoms with Crippen molar-refractivity contribution in [3.05, 3.63) is 88.8 Å². The Balaban J connectivity index is 1.60. The highest BCUT2D eigenvalue weighted by Crippen LogP contribution is 2.27. The zero-order valence-electron chi connectivity index (χ0n) is 17.0. The first kappa shape index (κ1) is 20.9. The molecule has 0 spiro atoms. The van der Waals surface area contributed by atoms with Gasteiger partial charge in [-0.05, 0) is 48.9 Å². The summed E-state index contributed by atoms with van der Waals surface area (Å²) >= 11 is 5.93. The SMILES string of the molecule is Cc1ccc(N2C(=O)CC(N(Cc3ccco3)C(=O)Cc3ccc(Cl)cc3)C2=O)cc1. The number of benzene rings is 2. The summed E-state index contributed by atoms with van der Waals surface area (Å²) in [5, 5.41) is 0.578. The molecule has 1 aliphatic rings. The fraction of sp³-hybridized carbons (Fsp3) is 0.208. The van der Waals surface area contributed by atoms with Crippen molar-refractivity contribution in [3.63, 3.8) is 0 Å². The molecule has 1 unspecified atom stereocenters. The van der Waals surface area contributed by atoms with Gasteiger partial charge in [-0.2, -0.15) is 0 Å². The van der Waals surface area contributed by atoms with Gasteiger partial charge in [-0.1, -0.05) is 41.4 Å². The molecule has 4 rings (SSSR count). The Morgan fingerprint density at radius 2 is 1.81 bits per heavy atom. The van der Waals surface area contributed by atoms with Gasteiger partial charge in [-0.25, -0.2) is 4.90 Å². The van der Waals surface area contributed by atoms with E-state index in [4.69, 9.17) is 16.0 Å². The third-order valence-electron chi connectivity index (χ3n) is 5.29. The van der Waals surface area contributed by atoms with Crippen LogP contribution in [0.15, 0.2) is 71.3 Å². The third-order valence-corrected chi connectivity index (χ3v) is 5.54. The Morgan fingerprint density at radius 1 is 1.10 bits per heavy atom. The Morgan fingerprint density at radius 3 is 2.45 bits per heavy atom. The average molecular weight is 437 g/mol. The number of nitrogens with zero attached hydrogens (tertiary/aromatic N) is 2. The van der Waals surface area contributed by atoms with Crippen molar-refractivity contribution in [1.82, 2.24) is 4.90 Å². The molecule has 158 valence electrons. The number of carbonyl (C=O) groups is 3. The fourth-order valence-electron chi connectivity index (χ4n) is 3.65. The van der Waals surface area contributed by atoms with Crippen molar-refractivity contribution in [2.24, 2.45) is 0 Å². The molecule has 0 radical (unpaired) electrons. The molecule has 1 aromatic heterocycles. The number of hydrogen-bond acceptors (Lipinski definition) is 4. The van der Waals surface area contributed by atoms with Gasteiger partial charge in [0.25, 0.3) is 5.91 Å². The van der Waals surface area contributed by atoms with Crippen LogP contribution in [0.4, 0.5) is 5.69 Å². The second-order valence-electron chi connectivity index (χ2n) is 7.53. The van der Waals surface area contributed by atoms with E-state index in [-0.39, 0.29) is 31.2 Å². The maximum Gasteiger partial charge on any atom is 0.257 e. The predicted molar refractivity (Wildman–Crippen MR) is 116 cm³/mol. The number of halogens is 1. The lowest BCUT2D eigenvalue weighted by molar-refractivity contribution is -0.138. The number of carbonyl (C=O) groups excluding carboxylic acids is 3. The molecule has 0 bridgehead atoms. The molecule has 1 fully saturated rings. The van der Waals surface area contributed by atoms with Crippen molar-refractivity contribution in [2.45, 2.75) is 32.4 Å². The van der Waals surface area contributed by atoms with E-state index in [2.05, 4.69) is 0 Å². The standard InChI is InChI=1S/C24H21ClN2O4/c1-16-4-10-19(11-5-16)27-23(29)14-21(24(27)30)26(15-20-3-2-12-31-20)22(28)13-17-6-8-18(25)9-7-17/h2-12,21H,13-15H2,1H3. The zero-order chi connectivity index (χ0) is 22.0. The van der Waals surface area contributed by atoms with Gasteiger partial charge in [0, 0.05) is 5.02 Å². The summed E-state index contributed by atoms with van der Waals surface area (Å²) in [6.07, 6.45) is 1.53. The van der Waals surface area contributed by atoms with Crippen LogP contribution in [0.25, 0.3) is 0 Å². The number of hydrogen-bond donors (Lipinski definition) is 0. The highest BCUT2D eigenvalue weighted by atomic mass is 35.5. The van der Waals surface area contributed by atoms with E-state index in [0.717, 1.165) is 16.0 Å². The van der Waals surface area contributed by atoms with Crippen molar-refractivity contribution in [2.75, 3.05) is 4.90 Å².